The molecule has 7 nitrogen and oxygen atoms in total. The van der Waals surface area contributed by atoms with Crippen molar-refractivity contribution in [3.8, 4) is 0 Å². The maximum Gasteiger partial charge on any atom is 0.308 e. The molecule has 0 bridgehead atoms. The third-order valence-electron chi connectivity index (χ3n) is 5.22. The number of ether oxygens (including phenoxy) is 2. The zero-order valence-electron chi connectivity index (χ0n) is 17.6. The molecule has 0 radical (unpaired) electrons. The average molecular weight is 394 g/mol. The van der Waals surface area contributed by atoms with Crippen LogP contribution in [0.25, 0.3) is 0 Å². The van der Waals surface area contributed by atoms with Crippen molar-refractivity contribution in [2.75, 3.05) is 26.4 Å². The number of carbonyl (C=O) groups excluding carboxylic acids is 2. The van der Waals surface area contributed by atoms with E-state index in [1.807, 2.05) is 25.5 Å². The zero-order chi connectivity index (χ0) is 20.4. The van der Waals surface area contributed by atoms with E-state index in [4.69, 9.17) is 9.47 Å². The minimum Gasteiger partial charge on any atom is -0.465 e. The van der Waals surface area contributed by atoms with Gasteiger partial charge in [0, 0.05) is 32.7 Å². The Morgan fingerprint density at radius 3 is 2.71 bits per heavy atom. The lowest BCUT2D eigenvalue weighted by Gasteiger charge is -2.13. The number of hydrogen-bond acceptors (Lipinski definition) is 5. The summed E-state index contributed by atoms with van der Waals surface area (Å²) in [7, 11) is 0. The molecule has 1 aromatic rings. The quantitative estimate of drug-likeness (QED) is 0.542. The Morgan fingerprint density at radius 2 is 2.00 bits per heavy atom. The van der Waals surface area contributed by atoms with Crippen molar-refractivity contribution >= 4 is 11.9 Å². The number of aromatic nitrogens is 2. The van der Waals surface area contributed by atoms with Gasteiger partial charge in [-0.05, 0) is 38.5 Å². The van der Waals surface area contributed by atoms with Gasteiger partial charge in [0.15, 0.2) is 0 Å². The number of hydrogen-bond donors (Lipinski definition) is 1. The minimum atomic E-state index is -0.115. The molecule has 1 aliphatic rings. The summed E-state index contributed by atoms with van der Waals surface area (Å²) in [5, 5.41) is 7.68. The molecule has 7 heteroatoms. The first kappa shape index (κ1) is 22.4. The van der Waals surface area contributed by atoms with E-state index >= 15 is 0 Å². The molecule has 1 aromatic heterocycles. The molecule has 0 atom stereocenters. The Kier molecular flexibility index (Phi) is 9.47. The molecule has 1 amide bonds. The molecule has 0 saturated carbocycles. The molecule has 28 heavy (non-hydrogen) atoms. The number of esters is 1. The van der Waals surface area contributed by atoms with E-state index in [2.05, 4.69) is 10.4 Å². The van der Waals surface area contributed by atoms with E-state index in [0.29, 0.717) is 45.8 Å². The first-order valence-corrected chi connectivity index (χ1v) is 10.7. The second-order valence-electron chi connectivity index (χ2n) is 7.20. The van der Waals surface area contributed by atoms with Crippen LogP contribution in [0.15, 0.2) is 0 Å². The lowest BCUT2D eigenvalue weighted by atomic mass is 10.0. The van der Waals surface area contributed by atoms with Crippen LogP contribution >= 0.6 is 0 Å². The number of nitrogens with one attached hydrogen (secondary N) is 1. The van der Waals surface area contributed by atoms with Crippen LogP contribution in [-0.4, -0.2) is 48.0 Å². The fourth-order valence-corrected chi connectivity index (χ4v) is 3.54. The first-order valence-electron chi connectivity index (χ1n) is 10.7. The third-order valence-corrected chi connectivity index (χ3v) is 5.22. The Bertz CT molecular complexity index is 638. The summed E-state index contributed by atoms with van der Waals surface area (Å²) < 4.78 is 13.0. The van der Waals surface area contributed by atoms with Gasteiger partial charge < -0.3 is 14.8 Å². The largest absolute Gasteiger partial charge is 0.465 e. The van der Waals surface area contributed by atoms with Gasteiger partial charge in [-0.2, -0.15) is 5.10 Å². The monoisotopic (exact) mass is 393 g/mol. The van der Waals surface area contributed by atoms with Crippen LogP contribution in [0.5, 0.6) is 0 Å². The fraction of sp³-hybridized carbons (Fsp3) is 0.762. The maximum atomic E-state index is 12.7. The molecule has 1 aliphatic heterocycles. The third kappa shape index (κ3) is 6.06. The number of fused-ring (bicyclic) bond motifs is 1. The molecule has 0 spiro atoms. The molecule has 0 fully saturated rings. The highest BCUT2D eigenvalue weighted by Gasteiger charge is 2.23. The zero-order valence-corrected chi connectivity index (χ0v) is 17.6. The van der Waals surface area contributed by atoms with Crippen LogP contribution in [0.4, 0.5) is 0 Å². The van der Waals surface area contributed by atoms with Gasteiger partial charge in [0.05, 0.1) is 29.5 Å². The topological polar surface area (TPSA) is 82.5 Å². The van der Waals surface area contributed by atoms with E-state index < -0.39 is 0 Å². The van der Waals surface area contributed by atoms with Gasteiger partial charge in [0.25, 0.3) is 5.91 Å². The van der Waals surface area contributed by atoms with Gasteiger partial charge in [-0.25, -0.2) is 0 Å². The summed E-state index contributed by atoms with van der Waals surface area (Å²) in [6, 6.07) is 0. The summed E-state index contributed by atoms with van der Waals surface area (Å²) in [6.45, 7) is 9.01. The van der Waals surface area contributed by atoms with Gasteiger partial charge in [0.2, 0.25) is 0 Å². The SMILES string of the molecule is CCc1nn(CCCOC(=O)C(CC)CC)c2c1C(=O)NCCCOCCC2. The smallest absolute Gasteiger partial charge is 0.308 e. The molecular weight excluding hydrogens is 358 g/mol. The summed E-state index contributed by atoms with van der Waals surface area (Å²) >= 11 is 0. The number of amides is 1. The normalized spacial score (nSPS) is 15.6. The van der Waals surface area contributed by atoms with Gasteiger partial charge in [-0.1, -0.05) is 20.8 Å². The highest BCUT2D eigenvalue weighted by atomic mass is 16.5. The molecule has 158 valence electrons. The van der Waals surface area contributed by atoms with E-state index in [1.165, 1.54) is 0 Å². The summed E-state index contributed by atoms with van der Waals surface area (Å²) in [6.07, 6.45) is 5.43. The molecule has 0 unspecified atom stereocenters. The summed E-state index contributed by atoms with van der Waals surface area (Å²) in [5.41, 5.74) is 2.52. The van der Waals surface area contributed by atoms with Gasteiger partial charge in [0.1, 0.15) is 0 Å². The molecule has 0 saturated heterocycles. The second-order valence-corrected chi connectivity index (χ2v) is 7.20. The molecule has 2 rings (SSSR count). The molecule has 0 aliphatic carbocycles. The van der Waals surface area contributed by atoms with Crippen molar-refractivity contribution in [1.29, 1.82) is 0 Å². The van der Waals surface area contributed by atoms with Crippen molar-refractivity contribution in [1.82, 2.24) is 15.1 Å². The van der Waals surface area contributed by atoms with E-state index in [1.54, 1.807) is 0 Å². The lowest BCUT2D eigenvalue weighted by Crippen LogP contribution is -2.26. The number of aryl methyl sites for hydroxylation is 2. The van der Waals surface area contributed by atoms with Gasteiger partial charge >= 0.3 is 5.97 Å². The predicted molar refractivity (Wildman–Crippen MR) is 107 cm³/mol. The van der Waals surface area contributed by atoms with Crippen LogP contribution in [0.3, 0.4) is 0 Å². The average Bonchev–Trinajstić information content (AvgIpc) is 3.03. The van der Waals surface area contributed by atoms with Crippen molar-refractivity contribution in [3.63, 3.8) is 0 Å². The predicted octanol–water partition coefficient (Wildman–Crippen LogP) is 2.90. The van der Waals surface area contributed by atoms with Crippen molar-refractivity contribution in [2.45, 2.75) is 72.3 Å². The molecular formula is C21H35N3O4. The standard InChI is InChI=1S/C21H35N3O4/c1-4-16(5-2)21(26)28-15-9-12-24-18-10-7-13-27-14-8-11-22-20(25)19(18)17(6-3)23-24/h16H,4-15H2,1-3H3,(H,22,25). The van der Waals surface area contributed by atoms with Gasteiger partial charge in [-0.15, -0.1) is 0 Å². The van der Waals surface area contributed by atoms with Crippen molar-refractivity contribution in [2.24, 2.45) is 5.92 Å². The minimum absolute atomic E-state index is 0.0169. The van der Waals surface area contributed by atoms with Crippen molar-refractivity contribution < 1.29 is 19.1 Å². The van der Waals surface area contributed by atoms with Crippen molar-refractivity contribution in [3.05, 3.63) is 17.0 Å². The van der Waals surface area contributed by atoms with E-state index in [-0.39, 0.29) is 17.8 Å². The Morgan fingerprint density at radius 1 is 1.25 bits per heavy atom. The number of carbonyl (C=O) groups is 2. The highest BCUT2D eigenvalue weighted by Crippen LogP contribution is 2.19. The van der Waals surface area contributed by atoms with E-state index in [9.17, 15) is 9.59 Å². The van der Waals surface area contributed by atoms with Crippen LogP contribution in [0.2, 0.25) is 0 Å². The van der Waals surface area contributed by atoms with Crippen LogP contribution in [0, 0.1) is 5.92 Å². The second kappa shape index (κ2) is 11.8. The number of rotatable bonds is 8. The Labute approximate surface area is 168 Å². The Hall–Kier alpha value is -1.89. The lowest BCUT2D eigenvalue weighted by molar-refractivity contribution is -0.148. The van der Waals surface area contributed by atoms with Crippen LogP contribution < -0.4 is 5.32 Å². The molecule has 2 heterocycles. The summed E-state index contributed by atoms with van der Waals surface area (Å²) in [4.78, 5) is 24.7. The highest BCUT2D eigenvalue weighted by molar-refractivity contribution is 5.96. The van der Waals surface area contributed by atoms with E-state index in [0.717, 1.165) is 49.1 Å². The Balaban J connectivity index is 2.05. The molecule has 0 aromatic carbocycles. The molecule has 1 N–H and O–H groups in total. The van der Waals surface area contributed by atoms with Crippen LogP contribution in [-0.2, 0) is 33.7 Å². The van der Waals surface area contributed by atoms with Gasteiger partial charge in [-0.3, -0.25) is 14.3 Å². The first-order chi connectivity index (χ1) is 13.6. The fourth-order valence-electron chi connectivity index (χ4n) is 3.54. The summed E-state index contributed by atoms with van der Waals surface area (Å²) in [5.74, 6) is -0.174. The van der Waals surface area contributed by atoms with Crippen LogP contribution in [0.1, 0.15) is 74.6 Å². The maximum absolute atomic E-state index is 12.7. The number of nitrogens with zero attached hydrogens (tertiary/aromatic N) is 2.